The lowest BCUT2D eigenvalue weighted by Crippen LogP contribution is -2.09. The van der Waals surface area contributed by atoms with Gasteiger partial charge in [-0.05, 0) is 6.07 Å². The Bertz CT molecular complexity index is 266. The van der Waals surface area contributed by atoms with Crippen molar-refractivity contribution < 1.29 is 15.0 Å². The minimum atomic E-state index is -1.41. The molecular weight excluding hydrogens is 146 g/mol. The fourth-order valence-electron chi connectivity index (χ4n) is 0.829. The van der Waals surface area contributed by atoms with Gasteiger partial charge in [0.1, 0.15) is 0 Å². The second-order valence-electron chi connectivity index (χ2n) is 2.35. The number of aliphatic carboxylic acids is 1. The molecule has 1 heterocycles. The molecular formula is C7H9NO3. The van der Waals surface area contributed by atoms with Gasteiger partial charge in [0.25, 0.3) is 0 Å². The Morgan fingerprint density at radius 2 is 2.36 bits per heavy atom. The number of carboxylic acid groups (broad SMARTS) is 1. The Balaban J connectivity index is 2.84. The molecule has 60 valence electrons. The quantitative estimate of drug-likeness (QED) is 0.638. The van der Waals surface area contributed by atoms with Crippen LogP contribution in [0.2, 0.25) is 0 Å². The van der Waals surface area contributed by atoms with E-state index >= 15 is 0 Å². The first kappa shape index (κ1) is 7.81. The Hall–Kier alpha value is -1.29. The zero-order valence-electron chi connectivity index (χ0n) is 6.06. The first-order valence-corrected chi connectivity index (χ1v) is 3.14. The zero-order valence-corrected chi connectivity index (χ0v) is 6.06. The number of carbonyl (C=O) groups is 1. The number of hydrogen-bond acceptors (Lipinski definition) is 2. The summed E-state index contributed by atoms with van der Waals surface area (Å²) in [6.07, 6.45) is 1.84. The number of nitrogens with zero attached hydrogens (tertiary/aromatic N) is 1. The maximum Gasteiger partial charge on any atom is 0.337 e. The third kappa shape index (κ3) is 1.59. The molecule has 0 radical (unpaired) electrons. The first-order valence-electron chi connectivity index (χ1n) is 3.14. The third-order valence-corrected chi connectivity index (χ3v) is 1.40. The van der Waals surface area contributed by atoms with Crippen molar-refractivity contribution in [2.45, 2.75) is 6.10 Å². The normalized spacial score (nSPS) is 12.9. The molecule has 0 spiro atoms. The molecule has 2 N–H and O–H groups in total. The zero-order chi connectivity index (χ0) is 8.43. The number of carboxylic acids is 1. The average Bonchev–Trinajstić information content (AvgIpc) is 2.34. The van der Waals surface area contributed by atoms with Crippen LogP contribution in [0.1, 0.15) is 11.7 Å². The highest BCUT2D eigenvalue weighted by atomic mass is 16.4. The highest BCUT2D eigenvalue weighted by Crippen LogP contribution is 2.11. The lowest BCUT2D eigenvalue weighted by atomic mass is 10.2. The molecule has 1 aromatic rings. The standard InChI is InChI=1S/C7H9NO3/c1-8-3-2-5(4-8)6(9)7(10)11/h2-4,6,9H,1H3,(H,10,11). The predicted molar refractivity (Wildman–Crippen MR) is 38.0 cm³/mol. The Morgan fingerprint density at radius 3 is 2.73 bits per heavy atom. The van der Waals surface area contributed by atoms with Gasteiger partial charge in [-0.25, -0.2) is 4.79 Å². The van der Waals surface area contributed by atoms with Gasteiger partial charge in [-0.15, -0.1) is 0 Å². The Morgan fingerprint density at radius 1 is 1.73 bits per heavy atom. The largest absolute Gasteiger partial charge is 0.479 e. The van der Waals surface area contributed by atoms with Crippen molar-refractivity contribution in [2.24, 2.45) is 7.05 Å². The summed E-state index contributed by atoms with van der Waals surface area (Å²) in [5.74, 6) is -1.23. The lowest BCUT2D eigenvalue weighted by molar-refractivity contribution is -0.146. The molecule has 4 nitrogen and oxygen atoms in total. The molecule has 1 atom stereocenters. The molecule has 0 saturated heterocycles. The number of rotatable bonds is 2. The summed E-state index contributed by atoms with van der Waals surface area (Å²) in [6.45, 7) is 0. The predicted octanol–water partition coefficient (Wildman–Crippen LogP) is 0.143. The van der Waals surface area contributed by atoms with Crippen molar-refractivity contribution in [2.75, 3.05) is 0 Å². The summed E-state index contributed by atoms with van der Waals surface area (Å²) in [7, 11) is 1.76. The maximum absolute atomic E-state index is 10.2. The lowest BCUT2D eigenvalue weighted by Gasteiger charge is -2.00. The van der Waals surface area contributed by atoms with Crippen LogP contribution in [0.4, 0.5) is 0 Å². The molecule has 11 heavy (non-hydrogen) atoms. The van der Waals surface area contributed by atoms with Gasteiger partial charge >= 0.3 is 5.97 Å². The van der Waals surface area contributed by atoms with Crippen LogP contribution in [0.3, 0.4) is 0 Å². The number of aliphatic hydroxyl groups excluding tert-OH is 1. The van der Waals surface area contributed by atoms with Crippen molar-refractivity contribution in [1.29, 1.82) is 0 Å². The minimum Gasteiger partial charge on any atom is -0.479 e. The van der Waals surface area contributed by atoms with Crippen LogP contribution in [0, 0.1) is 0 Å². The van der Waals surface area contributed by atoms with Crippen molar-refractivity contribution >= 4 is 5.97 Å². The van der Waals surface area contributed by atoms with Gasteiger partial charge in [0, 0.05) is 25.0 Å². The highest BCUT2D eigenvalue weighted by molar-refractivity contribution is 5.73. The summed E-state index contributed by atoms with van der Waals surface area (Å²) < 4.78 is 1.68. The minimum absolute atomic E-state index is 0.403. The number of hydrogen-bond donors (Lipinski definition) is 2. The van der Waals surface area contributed by atoms with E-state index in [1.54, 1.807) is 30.1 Å². The Kier molecular flexibility index (Phi) is 1.96. The number of aromatic nitrogens is 1. The van der Waals surface area contributed by atoms with Gasteiger partial charge in [0.2, 0.25) is 0 Å². The van der Waals surface area contributed by atoms with Gasteiger partial charge in [-0.1, -0.05) is 0 Å². The van der Waals surface area contributed by atoms with E-state index < -0.39 is 12.1 Å². The number of aliphatic hydroxyl groups is 1. The van der Waals surface area contributed by atoms with E-state index in [2.05, 4.69) is 0 Å². The van der Waals surface area contributed by atoms with Gasteiger partial charge < -0.3 is 14.8 Å². The average molecular weight is 155 g/mol. The molecule has 0 aliphatic carbocycles. The van der Waals surface area contributed by atoms with Crippen molar-refractivity contribution in [3.05, 3.63) is 24.0 Å². The third-order valence-electron chi connectivity index (χ3n) is 1.40. The van der Waals surface area contributed by atoms with Gasteiger partial charge in [0.05, 0.1) is 0 Å². The molecule has 4 heteroatoms. The second-order valence-corrected chi connectivity index (χ2v) is 2.35. The smallest absolute Gasteiger partial charge is 0.337 e. The van der Waals surface area contributed by atoms with E-state index in [9.17, 15) is 4.79 Å². The van der Waals surface area contributed by atoms with E-state index in [1.165, 1.54) is 0 Å². The van der Waals surface area contributed by atoms with Gasteiger partial charge in [0.15, 0.2) is 6.10 Å². The van der Waals surface area contributed by atoms with Crippen LogP contribution < -0.4 is 0 Å². The first-order chi connectivity index (χ1) is 5.11. The SMILES string of the molecule is Cn1ccc(C(O)C(=O)O)c1. The van der Waals surface area contributed by atoms with Crippen LogP contribution in [0.25, 0.3) is 0 Å². The number of aryl methyl sites for hydroxylation is 1. The monoisotopic (exact) mass is 155 g/mol. The van der Waals surface area contributed by atoms with Gasteiger partial charge in [-0.2, -0.15) is 0 Å². The summed E-state index contributed by atoms with van der Waals surface area (Å²) in [4.78, 5) is 10.2. The molecule has 0 aliphatic rings. The molecule has 0 aliphatic heterocycles. The molecule has 1 unspecified atom stereocenters. The second kappa shape index (κ2) is 2.75. The van der Waals surface area contributed by atoms with Gasteiger partial charge in [-0.3, -0.25) is 0 Å². The molecule has 0 amide bonds. The topological polar surface area (TPSA) is 62.5 Å². The van der Waals surface area contributed by atoms with E-state index in [-0.39, 0.29) is 0 Å². The summed E-state index contributed by atoms with van der Waals surface area (Å²) in [6, 6.07) is 1.57. The van der Waals surface area contributed by atoms with Crippen molar-refractivity contribution in [1.82, 2.24) is 4.57 Å². The maximum atomic E-state index is 10.2. The molecule has 0 saturated carbocycles. The fourth-order valence-corrected chi connectivity index (χ4v) is 0.829. The summed E-state index contributed by atoms with van der Waals surface area (Å²) in [5, 5.41) is 17.4. The molecule has 0 fully saturated rings. The van der Waals surface area contributed by atoms with Crippen LogP contribution >= 0.6 is 0 Å². The molecule has 1 aromatic heterocycles. The van der Waals surface area contributed by atoms with Crippen LogP contribution in [-0.2, 0) is 11.8 Å². The Labute approximate surface area is 63.7 Å². The van der Waals surface area contributed by atoms with Crippen molar-refractivity contribution in [3.8, 4) is 0 Å². The molecule has 1 rings (SSSR count). The van der Waals surface area contributed by atoms with E-state index in [1.807, 2.05) is 0 Å². The molecule has 0 aromatic carbocycles. The van der Waals surface area contributed by atoms with E-state index in [4.69, 9.17) is 10.2 Å². The van der Waals surface area contributed by atoms with Crippen LogP contribution in [-0.4, -0.2) is 20.7 Å². The summed E-state index contributed by atoms with van der Waals surface area (Å²) in [5.41, 5.74) is 0.403. The van der Waals surface area contributed by atoms with Crippen LogP contribution in [0.5, 0.6) is 0 Å². The van der Waals surface area contributed by atoms with E-state index in [0.29, 0.717) is 5.56 Å². The van der Waals surface area contributed by atoms with Crippen molar-refractivity contribution in [3.63, 3.8) is 0 Å². The van der Waals surface area contributed by atoms with Crippen LogP contribution in [0.15, 0.2) is 18.5 Å². The molecule has 0 bridgehead atoms. The summed E-state index contributed by atoms with van der Waals surface area (Å²) >= 11 is 0. The highest BCUT2D eigenvalue weighted by Gasteiger charge is 2.15. The fraction of sp³-hybridized carbons (Fsp3) is 0.286. The van der Waals surface area contributed by atoms with E-state index in [0.717, 1.165) is 0 Å².